The molecule has 0 amide bonds. The Morgan fingerprint density at radius 3 is 2.84 bits per heavy atom. The van der Waals surface area contributed by atoms with Gasteiger partial charge < -0.3 is 15.0 Å². The van der Waals surface area contributed by atoms with E-state index in [1.54, 1.807) is 7.11 Å². The number of likely N-dealkylation sites (N-methyl/N-ethyl adjacent to an activating group) is 1. The van der Waals surface area contributed by atoms with Crippen molar-refractivity contribution < 1.29 is 4.74 Å². The molecule has 1 aliphatic rings. The number of rotatable bonds is 4. The quantitative estimate of drug-likeness (QED) is 0.901. The molecule has 3 nitrogen and oxygen atoms in total. The fourth-order valence-electron chi connectivity index (χ4n) is 2.68. The number of benzene rings is 1. The number of ether oxygens (including phenoxy) is 1. The van der Waals surface area contributed by atoms with Crippen LogP contribution in [0.1, 0.15) is 30.9 Å². The first-order valence-electron chi connectivity index (χ1n) is 7.19. The first-order chi connectivity index (χ1) is 9.10. The number of hydrogen-bond acceptors (Lipinski definition) is 3. The molecule has 1 aromatic carbocycles. The molecule has 1 N–H and O–H groups in total. The van der Waals surface area contributed by atoms with E-state index in [1.165, 1.54) is 11.1 Å². The highest BCUT2D eigenvalue weighted by atomic mass is 16.5. The van der Waals surface area contributed by atoms with Crippen molar-refractivity contribution in [1.29, 1.82) is 0 Å². The zero-order valence-corrected chi connectivity index (χ0v) is 12.6. The standard InChI is InChI=1S/C16H26N2O/c1-12(2)13-5-6-14(16(10-13)19-4)9-15-11-18(3)8-7-17-15/h5-6,10,12,15,17H,7-9,11H2,1-4H3. The van der Waals surface area contributed by atoms with Crippen molar-refractivity contribution in [2.75, 3.05) is 33.8 Å². The predicted molar refractivity (Wildman–Crippen MR) is 80.1 cm³/mol. The van der Waals surface area contributed by atoms with E-state index in [0.717, 1.165) is 31.8 Å². The molecule has 0 aliphatic carbocycles. The van der Waals surface area contributed by atoms with E-state index in [9.17, 15) is 0 Å². The zero-order valence-electron chi connectivity index (χ0n) is 12.6. The van der Waals surface area contributed by atoms with Crippen molar-refractivity contribution in [2.24, 2.45) is 0 Å². The monoisotopic (exact) mass is 262 g/mol. The van der Waals surface area contributed by atoms with Crippen LogP contribution in [0.4, 0.5) is 0 Å². The Morgan fingerprint density at radius 1 is 1.42 bits per heavy atom. The summed E-state index contributed by atoms with van der Waals surface area (Å²) in [6.07, 6.45) is 1.03. The molecule has 1 fully saturated rings. The van der Waals surface area contributed by atoms with Gasteiger partial charge in [-0.15, -0.1) is 0 Å². The maximum atomic E-state index is 5.56. The molecule has 1 heterocycles. The van der Waals surface area contributed by atoms with Crippen LogP contribution in [0.5, 0.6) is 5.75 Å². The van der Waals surface area contributed by atoms with Crippen LogP contribution < -0.4 is 10.1 Å². The van der Waals surface area contributed by atoms with Crippen LogP contribution in [0.25, 0.3) is 0 Å². The van der Waals surface area contributed by atoms with E-state index in [0.29, 0.717) is 12.0 Å². The van der Waals surface area contributed by atoms with Crippen LogP contribution in [0.2, 0.25) is 0 Å². The number of hydrogen-bond donors (Lipinski definition) is 1. The topological polar surface area (TPSA) is 24.5 Å². The van der Waals surface area contributed by atoms with Gasteiger partial charge in [0.1, 0.15) is 5.75 Å². The lowest BCUT2D eigenvalue weighted by atomic mass is 9.97. The van der Waals surface area contributed by atoms with E-state index >= 15 is 0 Å². The molecule has 0 bridgehead atoms. The van der Waals surface area contributed by atoms with E-state index in [1.807, 2.05) is 0 Å². The molecule has 3 heteroatoms. The summed E-state index contributed by atoms with van der Waals surface area (Å²) in [6, 6.07) is 7.17. The molecule has 1 saturated heterocycles. The number of piperazine rings is 1. The Balaban J connectivity index is 2.11. The molecule has 1 aromatic rings. The fraction of sp³-hybridized carbons (Fsp3) is 0.625. The van der Waals surface area contributed by atoms with Gasteiger partial charge in [-0.25, -0.2) is 0 Å². The lowest BCUT2D eigenvalue weighted by molar-refractivity contribution is 0.237. The Bertz CT molecular complexity index is 417. The maximum Gasteiger partial charge on any atom is 0.122 e. The summed E-state index contributed by atoms with van der Waals surface area (Å²) in [6.45, 7) is 7.75. The molecule has 0 radical (unpaired) electrons. The number of nitrogens with zero attached hydrogens (tertiary/aromatic N) is 1. The average Bonchev–Trinajstić information content (AvgIpc) is 2.39. The second-order valence-corrected chi connectivity index (χ2v) is 5.84. The van der Waals surface area contributed by atoms with Gasteiger partial charge in [0, 0.05) is 25.7 Å². The first-order valence-corrected chi connectivity index (χ1v) is 7.19. The molecule has 0 aromatic heterocycles. The maximum absolute atomic E-state index is 5.56. The average molecular weight is 262 g/mol. The zero-order chi connectivity index (χ0) is 13.8. The van der Waals surface area contributed by atoms with Crippen molar-refractivity contribution in [3.05, 3.63) is 29.3 Å². The first kappa shape index (κ1) is 14.4. The SMILES string of the molecule is COc1cc(C(C)C)ccc1CC1CN(C)CCN1. The van der Waals surface area contributed by atoms with Crippen LogP contribution in [0, 0.1) is 0 Å². The fourth-order valence-corrected chi connectivity index (χ4v) is 2.68. The largest absolute Gasteiger partial charge is 0.496 e. The summed E-state index contributed by atoms with van der Waals surface area (Å²) >= 11 is 0. The summed E-state index contributed by atoms with van der Waals surface area (Å²) in [4.78, 5) is 2.39. The smallest absolute Gasteiger partial charge is 0.122 e. The number of methoxy groups -OCH3 is 1. The molecular weight excluding hydrogens is 236 g/mol. The Kier molecular flexibility index (Phi) is 4.83. The molecule has 106 valence electrons. The van der Waals surface area contributed by atoms with Crippen molar-refractivity contribution in [2.45, 2.75) is 32.2 Å². The molecule has 19 heavy (non-hydrogen) atoms. The molecular formula is C16H26N2O. The summed E-state index contributed by atoms with van der Waals surface area (Å²) in [5.41, 5.74) is 2.65. The van der Waals surface area contributed by atoms with Gasteiger partial charge in [-0.3, -0.25) is 0 Å². The second-order valence-electron chi connectivity index (χ2n) is 5.84. The Morgan fingerprint density at radius 2 is 2.21 bits per heavy atom. The molecule has 2 rings (SSSR count). The third-order valence-corrected chi connectivity index (χ3v) is 3.90. The van der Waals surface area contributed by atoms with Gasteiger partial charge in [-0.05, 0) is 36.6 Å². The molecule has 1 unspecified atom stereocenters. The second kappa shape index (κ2) is 6.40. The normalized spacial score (nSPS) is 20.8. The van der Waals surface area contributed by atoms with Gasteiger partial charge >= 0.3 is 0 Å². The summed E-state index contributed by atoms with van der Waals surface area (Å²) in [5.74, 6) is 1.57. The minimum Gasteiger partial charge on any atom is -0.496 e. The van der Waals surface area contributed by atoms with Crippen LogP contribution in [0.3, 0.4) is 0 Å². The van der Waals surface area contributed by atoms with Gasteiger partial charge in [0.25, 0.3) is 0 Å². The lowest BCUT2D eigenvalue weighted by Crippen LogP contribution is -2.49. The lowest BCUT2D eigenvalue weighted by Gasteiger charge is -2.31. The van der Waals surface area contributed by atoms with Crippen LogP contribution in [-0.2, 0) is 6.42 Å². The minimum absolute atomic E-state index is 0.526. The Hall–Kier alpha value is -1.06. The van der Waals surface area contributed by atoms with Crippen molar-refractivity contribution in [3.8, 4) is 5.75 Å². The van der Waals surface area contributed by atoms with Gasteiger partial charge in [-0.1, -0.05) is 26.0 Å². The van der Waals surface area contributed by atoms with Gasteiger partial charge in [0.15, 0.2) is 0 Å². The highest BCUT2D eigenvalue weighted by molar-refractivity contribution is 5.39. The highest BCUT2D eigenvalue weighted by Gasteiger charge is 2.18. The van der Waals surface area contributed by atoms with Gasteiger partial charge in [0.05, 0.1) is 7.11 Å². The van der Waals surface area contributed by atoms with E-state index in [-0.39, 0.29) is 0 Å². The van der Waals surface area contributed by atoms with Crippen molar-refractivity contribution in [1.82, 2.24) is 10.2 Å². The van der Waals surface area contributed by atoms with E-state index in [4.69, 9.17) is 4.74 Å². The van der Waals surface area contributed by atoms with E-state index < -0.39 is 0 Å². The van der Waals surface area contributed by atoms with Crippen LogP contribution in [0.15, 0.2) is 18.2 Å². The van der Waals surface area contributed by atoms with Crippen LogP contribution in [-0.4, -0.2) is 44.7 Å². The minimum atomic E-state index is 0.526. The molecule has 1 aliphatic heterocycles. The summed E-state index contributed by atoms with van der Waals surface area (Å²) < 4.78 is 5.56. The van der Waals surface area contributed by atoms with Gasteiger partial charge in [0.2, 0.25) is 0 Å². The van der Waals surface area contributed by atoms with E-state index in [2.05, 4.69) is 49.3 Å². The van der Waals surface area contributed by atoms with Crippen molar-refractivity contribution in [3.63, 3.8) is 0 Å². The number of nitrogens with one attached hydrogen (secondary N) is 1. The summed E-state index contributed by atoms with van der Waals surface area (Å²) in [7, 11) is 3.95. The third-order valence-electron chi connectivity index (χ3n) is 3.90. The molecule has 1 atom stereocenters. The molecule has 0 saturated carbocycles. The molecule has 0 spiro atoms. The highest BCUT2D eigenvalue weighted by Crippen LogP contribution is 2.26. The van der Waals surface area contributed by atoms with Gasteiger partial charge in [-0.2, -0.15) is 0 Å². The van der Waals surface area contributed by atoms with Crippen LogP contribution >= 0.6 is 0 Å². The van der Waals surface area contributed by atoms with Crippen molar-refractivity contribution >= 4 is 0 Å². The Labute approximate surface area is 116 Å². The third kappa shape index (κ3) is 3.71. The summed E-state index contributed by atoms with van der Waals surface area (Å²) in [5, 5.41) is 3.59. The predicted octanol–water partition coefficient (Wildman–Crippen LogP) is 2.26.